The molecule has 0 fully saturated rings. The van der Waals surface area contributed by atoms with Crippen molar-refractivity contribution in [1.82, 2.24) is 15.0 Å². The van der Waals surface area contributed by atoms with Crippen molar-refractivity contribution >= 4 is 39.0 Å². The smallest absolute Gasteiger partial charge is 0.164 e. The molecule has 2 aliphatic rings. The first-order chi connectivity index (χ1) is 31.6. The average molecular weight is 823 g/mol. The quantitative estimate of drug-likeness (QED) is 0.167. The van der Waals surface area contributed by atoms with Crippen molar-refractivity contribution in [2.45, 2.75) is 5.41 Å². The molecule has 0 aliphatic heterocycles. The molecule has 64 heavy (non-hydrogen) atoms. The summed E-state index contributed by atoms with van der Waals surface area (Å²) in [6.07, 6.45) is 0. The standard InChI is InChI=1S/C58H35FN4O/c59-38-31-29-37(30-32-38)56-60-55(36-15-3-1-4-16-36)61-57(62-56)46-23-14-28-51-53(46)45-34-33-40(35-52(45)64-51)63(39-17-5-2-6-18-39)50-27-13-22-44-43-21-9-12-26-49(43)58(54(44)50)47-24-10-7-19-41(47)42-20-8-11-25-48(42)58/h1-35H. The Balaban J connectivity index is 1.03. The van der Waals surface area contributed by atoms with Crippen molar-refractivity contribution in [3.63, 3.8) is 0 Å². The first-order valence-electron chi connectivity index (χ1n) is 21.5. The summed E-state index contributed by atoms with van der Waals surface area (Å²) < 4.78 is 20.9. The third kappa shape index (κ3) is 5.26. The molecule has 0 saturated heterocycles. The fourth-order valence-corrected chi connectivity index (χ4v) is 10.4. The fourth-order valence-electron chi connectivity index (χ4n) is 10.4. The zero-order chi connectivity index (χ0) is 42.4. The highest BCUT2D eigenvalue weighted by Crippen LogP contribution is 2.65. The Morgan fingerprint density at radius 3 is 1.61 bits per heavy atom. The highest BCUT2D eigenvalue weighted by atomic mass is 19.1. The number of furan rings is 1. The first kappa shape index (κ1) is 36.2. The van der Waals surface area contributed by atoms with Gasteiger partial charge in [-0.3, -0.25) is 0 Å². The average Bonchev–Trinajstić information content (AvgIpc) is 3.99. The summed E-state index contributed by atoms with van der Waals surface area (Å²) in [5.41, 5.74) is 16.5. The molecule has 0 amide bonds. The van der Waals surface area contributed by atoms with Crippen molar-refractivity contribution in [2.24, 2.45) is 0 Å². The van der Waals surface area contributed by atoms with Crippen LogP contribution in [-0.2, 0) is 5.41 Å². The van der Waals surface area contributed by atoms with E-state index in [-0.39, 0.29) is 5.82 Å². The molecule has 0 saturated carbocycles. The van der Waals surface area contributed by atoms with E-state index in [2.05, 4.69) is 144 Å². The molecule has 0 bridgehead atoms. The number of hydrogen-bond acceptors (Lipinski definition) is 5. The van der Waals surface area contributed by atoms with Gasteiger partial charge in [-0.2, -0.15) is 0 Å². The lowest BCUT2D eigenvalue weighted by molar-refractivity contribution is 0.628. The topological polar surface area (TPSA) is 55.1 Å². The number of rotatable bonds is 6. The number of hydrogen-bond donors (Lipinski definition) is 0. The van der Waals surface area contributed by atoms with Gasteiger partial charge in [-0.1, -0.05) is 146 Å². The van der Waals surface area contributed by atoms with Crippen LogP contribution >= 0.6 is 0 Å². The molecule has 5 nitrogen and oxygen atoms in total. The summed E-state index contributed by atoms with van der Waals surface area (Å²) in [6.45, 7) is 0. The highest BCUT2D eigenvalue weighted by Gasteiger charge is 2.53. The first-order valence-corrected chi connectivity index (χ1v) is 21.5. The molecule has 6 heteroatoms. The molecule has 0 atom stereocenters. The van der Waals surface area contributed by atoms with E-state index in [9.17, 15) is 4.39 Å². The Kier molecular flexibility index (Phi) is 7.93. The molecule has 13 rings (SSSR count). The molecule has 2 aromatic heterocycles. The molecule has 0 N–H and O–H groups in total. The normalized spacial score (nSPS) is 12.9. The zero-order valence-electron chi connectivity index (χ0n) is 34.3. The van der Waals surface area contributed by atoms with Gasteiger partial charge in [0.05, 0.1) is 11.1 Å². The molecule has 300 valence electrons. The SMILES string of the molecule is Fc1ccc(-c2nc(-c3ccccc3)nc(-c3cccc4oc5cc(N(c6ccccc6)c6cccc7c6C6(c8ccccc8-c8ccccc86)c6ccccc6-7)ccc5c34)n2)cc1. The van der Waals surface area contributed by atoms with Crippen LogP contribution in [0.1, 0.15) is 22.3 Å². The second-order valence-corrected chi connectivity index (χ2v) is 16.4. The highest BCUT2D eigenvalue weighted by molar-refractivity contribution is 6.13. The van der Waals surface area contributed by atoms with E-state index >= 15 is 0 Å². The van der Waals surface area contributed by atoms with Gasteiger partial charge < -0.3 is 9.32 Å². The summed E-state index contributed by atoms with van der Waals surface area (Å²) in [5, 5.41) is 1.84. The van der Waals surface area contributed by atoms with Crippen LogP contribution in [0.3, 0.4) is 0 Å². The molecular weight excluding hydrogens is 788 g/mol. The molecule has 9 aromatic carbocycles. The summed E-state index contributed by atoms with van der Waals surface area (Å²) >= 11 is 0. The van der Waals surface area contributed by atoms with E-state index in [1.165, 1.54) is 56.6 Å². The van der Waals surface area contributed by atoms with E-state index < -0.39 is 5.41 Å². The maximum absolute atomic E-state index is 14.1. The van der Waals surface area contributed by atoms with Crippen molar-refractivity contribution < 1.29 is 8.81 Å². The third-order valence-electron chi connectivity index (χ3n) is 13.0. The predicted octanol–water partition coefficient (Wildman–Crippen LogP) is 14.7. The molecule has 0 unspecified atom stereocenters. The van der Waals surface area contributed by atoms with Gasteiger partial charge in [-0.25, -0.2) is 19.3 Å². The summed E-state index contributed by atoms with van der Waals surface area (Å²) in [4.78, 5) is 17.3. The summed E-state index contributed by atoms with van der Waals surface area (Å²) in [6, 6.07) is 72.7. The van der Waals surface area contributed by atoms with Crippen LogP contribution in [0.15, 0.2) is 217 Å². The van der Waals surface area contributed by atoms with Gasteiger partial charge in [0.2, 0.25) is 0 Å². The van der Waals surface area contributed by atoms with E-state index in [0.717, 1.165) is 50.1 Å². The second kappa shape index (κ2) is 14.0. The van der Waals surface area contributed by atoms with Crippen LogP contribution in [0, 0.1) is 5.82 Å². The molecule has 2 aliphatic carbocycles. The minimum Gasteiger partial charge on any atom is -0.456 e. The second-order valence-electron chi connectivity index (χ2n) is 16.4. The van der Waals surface area contributed by atoms with Crippen LogP contribution in [0.2, 0.25) is 0 Å². The van der Waals surface area contributed by atoms with E-state index in [1.54, 1.807) is 12.1 Å². The van der Waals surface area contributed by atoms with Gasteiger partial charge in [0, 0.05) is 50.5 Å². The number of halogens is 1. The summed E-state index contributed by atoms with van der Waals surface area (Å²) in [7, 11) is 0. The van der Waals surface area contributed by atoms with Crippen LogP contribution in [-0.4, -0.2) is 15.0 Å². The Morgan fingerprint density at radius 2 is 0.938 bits per heavy atom. The van der Waals surface area contributed by atoms with Gasteiger partial charge in [0.1, 0.15) is 17.0 Å². The van der Waals surface area contributed by atoms with E-state index in [4.69, 9.17) is 19.4 Å². The lowest BCUT2D eigenvalue weighted by Gasteiger charge is -2.35. The number of nitrogens with zero attached hydrogens (tertiary/aromatic N) is 4. The van der Waals surface area contributed by atoms with Crippen molar-refractivity contribution in [2.75, 3.05) is 4.90 Å². The molecular formula is C58H35FN4O. The lowest BCUT2D eigenvalue weighted by Crippen LogP contribution is -2.28. The molecule has 11 aromatic rings. The minimum absolute atomic E-state index is 0.323. The number of anilines is 3. The molecule has 0 radical (unpaired) electrons. The minimum atomic E-state index is -0.545. The van der Waals surface area contributed by atoms with E-state index in [0.29, 0.717) is 23.0 Å². The van der Waals surface area contributed by atoms with Crippen LogP contribution in [0.5, 0.6) is 0 Å². The molecule has 1 spiro atoms. The van der Waals surface area contributed by atoms with Crippen molar-refractivity contribution in [1.29, 1.82) is 0 Å². The van der Waals surface area contributed by atoms with Gasteiger partial charge in [0.15, 0.2) is 17.5 Å². The Bertz CT molecular complexity index is 3580. The van der Waals surface area contributed by atoms with Crippen LogP contribution in [0.4, 0.5) is 21.5 Å². The maximum Gasteiger partial charge on any atom is 0.164 e. The number of benzene rings is 9. The van der Waals surface area contributed by atoms with Gasteiger partial charge in [-0.15, -0.1) is 0 Å². The van der Waals surface area contributed by atoms with E-state index in [1.807, 2.05) is 48.5 Å². The van der Waals surface area contributed by atoms with Crippen molar-refractivity contribution in [3.05, 3.63) is 240 Å². The fraction of sp³-hybridized carbons (Fsp3) is 0.0172. The van der Waals surface area contributed by atoms with Crippen LogP contribution < -0.4 is 4.90 Å². The number of para-hydroxylation sites is 1. The monoisotopic (exact) mass is 822 g/mol. The van der Waals surface area contributed by atoms with Crippen LogP contribution in [0.25, 0.3) is 78.4 Å². The van der Waals surface area contributed by atoms with Crippen molar-refractivity contribution in [3.8, 4) is 56.4 Å². The largest absolute Gasteiger partial charge is 0.456 e. The Morgan fingerprint density at radius 1 is 0.406 bits per heavy atom. The van der Waals surface area contributed by atoms with Gasteiger partial charge in [-0.05, 0) is 99.6 Å². The Labute approximate surface area is 368 Å². The zero-order valence-corrected chi connectivity index (χ0v) is 34.3. The van der Waals surface area contributed by atoms with Gasteiger partial charge in [0.25, 0.3) is 0 Å². The maximum atomic E-state index is 14.1. The summed E-state index contributed by atoms with van der Waals surface area (Å²) in [5.74, 6) is 1.16. The Hall–Kier alpha value is -8.48. The van der Waals surface area contributed by atoms with Gasteiger partial charge >= 0.3 is 0 Å². The number of aromatic nitrogens is 3. The third-order valence-corrected chi connectivity index (χ3v) is 13.0. The lowest BCUT2D eigenvalue weighted by atomic mass is 9.70. The predicted molar refractivity (Wildman–Crippen MR) is 254 cm³/mol. The number of fused-ring (bicyclic) bond motifs is 13. The molecule has 2 heterocycles.